The fourth-order valence-electron chi connectivity index (χ4n) is 9.05. The van der Waals surface area contributed by atoms with E-state index in [1.807, 2.05) is 24.0 Å². The van der Waals surface area contributed by atoms with Crippen molar-refractivity contribution in [1.29, 1.82) is 5.26 Å². The molecule has 13 heteroatoms. The van der Waals surface area contributed by atoms with Crippen LogP contribution in [0.3, 0.4) is 0 Å². The summed E-state index contributed by atoms with van der Waals surface area (Å²) in [5, 5.41) is 11.4. The number of halogens is 3. The Morgan fingerprint density at radius 2 is 1.46 bits per heavy atom. The highest BCUT2D eigenvalue weighted by Gasteiger charge is 2.37. The highest BCUT2D eigenvalue weighted by molar-refractivity contribution is 6.02. The summed E-state index contributed by atoms with van der Waals surface area (Å²) in [6.07, 6.45) is 0.964. The number of amides is 3. The van der Waals surface area contributed by atoms with Gasteiger partial charge in [0.25, 0.3) is 5.91 Å². The molecule has 3 aromatic rings. The Balaban J connectivity index is 0.848. The number of nitriles is 1. The summed E-state index contributed by atoms with van der Waals surface area (Å²) in [5.41, 5.74) is 4.46. The SMILES string of the molecule is CCCC(C(=O)NC=O)N1Cc2cc(N3CCC(CN4CCN(c5ccc(C6CCN(c7ccc(C#N)c(C(F)(F)F)c7)CC6)cc5)CC4)CC3)ccc2C1=O. The van der Waals surface area contributed by atoms with E-state index in [2.05, 4.69) is 50.3 Å². The first-order valence-electron chi connectivity index (χ1n) is 19.9. The van der Waals surface area contributed by atoms with E-state index < -0.39 is 23.7 Å². The van der Waals surface area contributed by atoms with Gasteiger partial charge in [0.05, 0.1) is 17.2 Å². The zero-order chi connectivity index (χ0) is 39.4. The molecule has 3 aromatic carbocycles. The molecule has 56 heavy (non-hydrogen) atoms. The van der Waals surface area contributed by atoms with Gasteiger partial charge >= 0.3 is 6.18 Å². The Bertz CT molecular complexity index is 1920. The topological polar surface area (TPSA) is 103 Å². The molecule has 0 saturated carbocycles. The molecular formula is C43H50F3N7O3. The summed E-state index contributed by atoms with van der Waals surface area (Å²) in [5.74, 6) is 0.389. The maximum Gasteiger partial charge on any atom is 0.417 e. The zero-order valence-corrected chi connectivity index (χ0v) is 31.9. The van der Waals surface area contributed by atoms with Gasteiger partial charge in [0, 0.05) is 88.1 Å². The van der Waals surface area contributed by atoms with Crippen LogP contribution in [0.4, 0.5) is 30.2 Å². The molecule has 0 radical (unpaired) electrons. The van der Waals surface area contributed by atoms with Gasteiger partial charge in [-0.2, -0.15) is 18.4 Å². The number of rotatable bonds is 11. The Morgan fingerprint density at radius 1 is 0.857 bits per heavy atom. The van der Waals surface area contributed by atoms with E-state index in [-0.39, 0.29) is 11.5 Å². The summed E-state index contributed by atoms with van der Waals surface area (Å²) < 4.78 is 40.5. The number of carbonyl (C=O) groups excluding carboxylic acids is 3. The van der Waals surface area contributed by atoms with E-state index in [1.54, 1.807) is 17.0 Å². The van der Waals surface area contributed by atoms with Gasteiger partial charge in [-0.05, 0) is 104 Å². The number of alkyl halides is 3. The zero-order valence-electron chi connectivity index (χ0n) is 31.9. The monoisotopic (exact) mass is 769 g/mol. The third-order valence-corrected chi connectivity index (χ3v) is 12.3. The molecule has 0 bridgehead atoms. The minimum absolute atomic E-state index is 0.159. The fraction of sp³-hybridized carbons (Fsp3) is 0.488. The maximum atomic E-state index is 13.5. The minimum Gasteiger partial charge on any atom is -0.372 e. The third kappa shape index (κ3) is 8.50. The molecule has 7 rings (SSSR count). The molecule has 0 aromatic heterocycles. The van der Waals surface area contributed by atoms with Crippen molar-refractivity contribution in [2.45, 2.75) is 70.1 Å². The lowest BCUT2D eigenvalue weighted by atomic mass is 9.89. The minimum atomic E-state index is -4.56. The number of fused-ring (bicyclic) bond motifs is 1. The molecule has 296 valence electrons. The Labute approximate surface area is 326 Å². The van der Waals surface area contributed by atoms with Crippen LogP contribution in [0, 0.1) is 17.2 Å². The summed E-state index contributed by atoms with van der Waals surface area (Å²) in [4.78, 5) is 47.7. The number of benzene rings is 3. The number of nitrogens with one attached hydrogen (secondary N) is 1. The summed E-state index contributed by atoms with van der Waals surface area (Å²) in [7, 11) is 0. The van der Waals surface area contributed by atoms with Crippen molar-refractivity contribution in [3.8, 4) is 6.07 Å². The van der Waals surface area contributed by atoms with Crippen LogP contribution in [-0.4, -0.2) is 93.0 Å². The van der Waals surface area contributed by atoms with Crippen molar-refractivity contribution in [2.75, 3.05) is 73.6 Å². The molecule has 4 heterocycles. The molecule has 1 N–H and O–H groups in total. The van der Waals surface area contributed by atoms with E-state index in [1.165, 1.54) is 17.3 Å². The van der Waals surface area contributed by atoms with E-state index >= 15 is 0 Å². The lowest BCUT2D eigenvalue weighted by Crippen LogP contribution is -2.49. The number of anilines is 3. The van der Waals surface area contributed by atoms with Gasteiger partial charge in [0.1, 0.15) is 6.04 Å². The lowest BCUT2D eigenvalue weighted by molar-refractivity contribution is -0.137. The molecule has 4 aliphatic heterocycles. The quantitative estimate of drug-likeness (QED) is 0.224. The highest BCUT2D eigenvalue weighted by atomic mass is 19.4. The van der Waals surface area contributed by atoms with Crippen LogP contribution in [0.25, 0.3) is 0 Å². The highest BCUT2D eigenvalue weighted by Crippen LogP contribution is 2.37. The van der Waals surface area contributed by atoms with Crippen molar-refractivity contribution in [3.63, 3.8) is 0 Å². The molecule has 10 nitrogen and oxygen atoms in total. The number of nitrogens with zero attached hydrogens (tertiary/aromatic N) is 6. The molecule has 3 fully saturated rings. The third-order valence-electron chi connectivity index (χ3n) is 12.3. The van der Waals surface area contributed by atoms with Crippen LogP contribution in [0.5, 0.6) is 0 Å². The van der Waals surface area contributed by atoms with Gasteiger partial charge < -0.3 is 19.6 Å². The van der Waals surface area contributed by atoms with E-state index in [0.29, 0.717) is 55.6 Å². The van der Waals surface area contributed by atoms with E-state index in [4.69, 9.17) is 5.26 Å². The number of piperidine rings is 2. The van der Waals surface area contributed by atoms with Crippen molar-refractivity contribution in [2.24, 2.45) is 5.92 Å². The first kappa shape index (κ1) is 39.2. The van der Waals surface area contributed by atoms with Crippen molar-refractivity contribution in [3.05, 3.63) is 88.5 Å². The number of piperazine rings is 1. The molecule has 0 spiro atoms. The van der Waals surface area contributed by atoms with E-state index in [9.17, 15) is 27.6 Å². The molecule has 3 saturated heterocycles. The Kier molecular flexibility index (Phi) is 11.9. The number of carbonyl (C=O) groups is 3. The van der Waals surface area contributed by atoms with Crippen LogP contribution in [0.15, 0.2) is 60.7 Å². The summed E-state index contributed by atoms with van der Waals surface area (Å²) in [6.45, 7) is 10.7. The predicted molar refractivity (Wildman–Crippen MR) is 210 cm³/mol. The fourth-order valence-corrected chi connectivity index (χ4v) is 9.05. The Morgan fingerprint density at radius 3 is 2.09 bits per heavy atom. The van der Waals surface area contributed by atoms with Crippen LogP contribution < -0.4 is 20.0 Å². The maximum absolute atomic E-state index is 13.5. The second-order valence-electron chi connectivity index (χ2n) is 15.6. The van der Waals surface area contributed by atoms with Crippen LogP contribution in [0.2, 0.25) is 0 Å². The summed E-state index contributed by atoms with van der Waals surface area (Å²) >= 11 is 0. The van der Waals surface area contributed by atoms with Gasteiger partial charge in [0.2, 0.25) is 12.3 Å². The number of imide groups is 1. The normalized spacial score (nSPS) is 19.2. The van der Waals surface area contributed by atoms with Gasteiger partial charge in [-0.25, -0.2) is 0 Å². The van der Waals surface area contributed by atoms with Crippen LogP contribution in [-0.2, 0) is 22.3 Å². The molecule has 3 amide bonds. The first-order valence-corrected chi connectivity index (χ1v) is 19.9. The summed E-state index contributed by atoms with van der Waals surface area (Å²) in [6, 6.07) is 19.9. The molecule has 4 aliphatic rings. The number of hydrogen-bond donors (Lipinski definition) is 1. The van der Waals surface area contributed by atoms with Crippen molar-refractivity contribution >= 4 is 35.3 Å². The average Bonchev–Trinajstić information content (AvgIpc) is 3.54. The molecule has 1 atom stereocenters. The second kappa shape index (κ2) is 17.0. The van der Waals surface area contributed by atoms with Crippen LogP contribution in [0.1, 0.15) is 84.0 Å². The predicted octanol–water partition coefficient (Wildman–Crippen LogP) is 6.40. The smallest absolute Gasteiger partial charge is 0.372 e. The lowest BCUT2D eigenvalue weighted by Gasteiger charge is -2.40. The average molecular weight is 770 g/mol. The largest absolute Gasteiger partial charge is 0.417 e. The van der Waals surface area contributed by atoms with Gasteiger partial charge in [-0.3, -0.25) is 24.6 Å². The molecule has 1 unspecified atom stereocenters. The Hall–Kier alpha value is -5.09. The molecular weight excluding hydrogens is 720 g/mol. The van der Waals surface area contributed by atoms with Crippen LogP contribution >= 0.6 is 0 Å². The first-order chi connectivity index (χ1) is 27.1. The second-order valence-corrected chi connectivity index (χ2v) is 15.6. The van der Waals surface area contributed by atoms with Crippen molar-refractivity contribution < 1.29 is 27.6 Å². The standard InChI is InChI=1S/C43H50F3N7O3/c1-2-3-40(41(55)48-29-54)53-28-34-24-36(10-11-38(34)42(53)56)50-16-12-30(13-17-50)27-49-20-22-52(23-21-49)35-7-4-31(5-8-35)32-14-18-51(19-15-32)37-9-6-33(26-47)39(25-37)43(44,45)46/h4-11,24-25,29-30,32,40H,2-3,12-23,27-28H2,1H3,(H,48,54,55). The van der Waals surface area contributed by atoms with E-state index in [0.717, 1.165) is 95.2 Å². The van der Waals surface area contributed by atoms with Crippen molar-refractivity contribution in [1.82, 2.24) is 15.1 Å². The van der Waals surface area contributed by atoms with Gasteiger partial charge in [-0.15, -0.1) is 0 Å². The van der Waals surface area contributed by atoms with Gasteiger partial charge in [-0.1, -0.05) is 25.5 Å². The molecule has 0 aliphatic carbocycles. The van der Waals surface area contributed by atoms with Gasteiger partial charge in [0.15, 0.2) is 0 Å². The number of hydrogen-bond acceptors (Lipinski definition) is 8.